The minimum Gasteiger partial charge on any atom is -0.444 e. The molecule has 0 aromatic heterocycles. The van der Waals surface area contributed by atoms with Crippen LogP contribution >= 0.6 is 0 Å². The Morgan fingerprint density at radius 2 is 2.00 bits per heavy atom. The van der Waals surface area contributed by atoms with Crippen molar-refractivity contribution < 1.29 is 9.53 Å². The van der Waals surface area contributed by atoms with E-state index in [1.165, 1.54) is 19.3 Å². The molecule has 2 aliphatic rings. The van der Waals surface area contributed by atoms with E-state index >= 15 is 0 Å². The normalized spacial score (nSPS) is 27.1. The van der Waals surface area contributed by atoms with Crippen LogP contribution in [0.25, 0.3) is 0 Å². The van der Waals surface area contributed by atoms with Gasteiger partial charge in [0.25, 0.3) is 0 Å². The fourth-order valence-corrected chi connectivity index (χ4v) is 2.49. The maximum absolute atomic E-state index is 11.9. The van der Waals surface area contributed by atoms with Gasteiger partial charge in [-0.05, 0) is 46.0 Å². The number of ether oxygens (including phenoxy) is 1. The van der Waals surface area contributed by atoms with Crippen molar-refractivity contribution in [1.29, 1.82) is 0 Å². The minimum atomic E-state index is -0.419. The van der Waals surface area contributed by atoms with Crippen molar-refractivity contribution in [2.45, 2.75) is 64.1 Å². The van der Waals surface area contributed by atoms with Gasteiger partial charge in [-0.15, -0.1) is 0 Å². The number of nitrogens with two attached hydrogens (primary N) is 1. The zero-order chi connectivity index (χ0) is 12.6. The number of likely N-dealkylation sites (tertiary alicyclic amines) is 1. The van der Waals surface area contributed by atoms with E-state index in [1.54, 1.807) is 4.90 Å². The summed E-state index contributed by atoms with van der Waals surface area (Å²) in [6.07, 6.45) is 4.55. The first kappa shape index (κ1) is 12.7. The third kappa shape index (κ3) is 2.73. The van der Waals surface area contributed by atoms with Crippen molar-refractivity contribution in [2.24, 2.45) is 11.7 Å². The summed E-state index contributed by atoms with van der Waals surface area (Å²) in [6, 6.07) is 0.347. The van der Waals surface area contributed by atoms with Gasteiger partial charge in [0.15, 0.2) is 0 Å². The number of hydrogen-bond donors (Lipinski definition) is 1. The standard InChI is InChI=1S/C13H24N2O2/c1-13(2,3)17-12(16)15-8-7-10(15)11(14)9-5-4-6-9/h9-11H,4-8,14H2,1-3H3. The van der Waals surface area contributed by atoms with Gasteiger partial charge in [-0.3, -0.25) is 0 Å². The van der Waals surface area contributed by atoms with E-state index < -0.39 is 5.60 Å². The molecule has 0 aromatic carbocycles. The fourth-order valence-electron chi connectivity index (χ4n) is 2.49. The van der Waals surface area contributed by atoms with Crippen molar-refractivity contribution in [3.05, 3.63) is 0 Å². The van der Waals surface area contributed by atoms with Gasteiger partial charge < -0.3 is 15.4 Å². The zero-order valence-corrected chi connectivity index (χ0v) is 11.1. The number of carbonyl (C=O) groups excluding carboxylic acids is 1. The van der Waals surface area contributed by atoms with Crippen LogP contribution in [0.5, 0.6) is 0 Å². The Morgan fingerprint density at radius 1 is 1.35 bits per heavy atom. The molecule has 1 saturated carbocycles. The fraction of sp³-hybridized carbons (Fsp3) is 0.923. The minimum absolute atomic E-state index is 0.144. The van der Waals surface area contributed by atoms with Crippen LogP contribution < -0.4 is 5.73 Å². The Kier molecular flexibility index (Phi) is 3.34. The Labute approximate surface area is 103 Å². The first-order chi connectivity index (χ1) is 7.88. The molecular formula is C13H24N2O2. The SMILES string of the molecule is CC(C)(C)OC(=O)N1CCC1C(N)C1CCC1. The molecule has 0 spiro atoms. The molecule has 1 aliphatic heterocycles. The molecule has 17 heavy (non-hydrogen) atoms. The molecule has 1 saturated heterocycles. The molecule has 2 atom stereocenters. The van der Waals surface area contributed by atoms with Crippen LogP contribution in [0.1, 0.15) is 46.5 Å². The van der Waals surface area contributed by atoms with Gasteiger partial charge in [0, 0.05) is 12.6 Å². The van der Waals surface area contributed by atoms with Gasteiger partial charge >= 0.3 is 6.09 Å². The molecule has 0 radical (unpaired) electrons. The molecule has 1 aliphatic carbocycles. The van der Waals surface area contributed by atoms with Crippen molar-refractivity contribution in [3.8, 4) is 0 Å². The lowest BCUT2D eigenvalue weighted by atomic mass is 9.75. The zero-order valence-electron chi connectivity index (χ0n) is 11.1. The number of amides is 1. The second-order valence-corrected chi connectivity index (χ2v) is 6.30. The second kappa shape index (κ2) is 4.48. The molecule has 98 valence electrons. The highest BCUT2D eigenvalue weighted by Crippen LogP contribution is 2.35. The Morgan fingerprint density at radius 3 is 2.35 bits per heavy atom. The quantitative estimate of drug-likeness (QED) is 0.804. The largest absolute Gasteiger partial charge is 0.444 e. The van der Waals surface area contributed by atoms with Crippen molar-refractivity contribution in [2.75, 3.05) is 6.54 Å². The molecule has 4 nitrogen and oxygen atoms in total. The molecular weight excluding hydrogens is 216 g/mol. The average Bonchev–Trinajstić information content (AvgIpc) is 1.92. The van der Waals surface area contributed by atoms with E-state index in [1.807, 2.05) is 20.8 Å². The average molecular weight is 240 g/mol. The summed E-state index contributed by atoms with van der Waals surface area (Å²) in [4.78, 5) is 13.7. The van der Waals surface area contributed by atoms with Crippen LogP contribution in [0.4, 0.5) is 4.79 Å². The van der Waals surface area contributed by atoms with Crippen LogP contribution in [0.2, 0.25) is 0 Å². The predicted molar refractivity (Wildman–Crippen MR) is 66.7 cm³/mol. The van der Waals surface area contributed by atoms with E-state index in [4.69, 9.17) is 10.5 Å². The monoisotopic (exact) mass is 240 g/mol. The maximum atomic E-state index is 11.9. The topological polar surface area (TPSA) is 55.6 Å². The number of rotatable bonds is 2. The summed E-state index contributed by atoms with van der Waals surface area (Å²) in [5, 5.41) is 0. The molecule has 1 amide bonds. The lowest BCUT2D eigenvalue weighted by molar-refractivity contribution is -0.0178. The highest BCUT2D eigenvalue weighted by Gasteiger charge is 2.42. The van der Waals surface area contributed by atoms with Gasteiger partial charge in [0.1, 0.15) is 5.60 Å². The first-order valence-electron chi connectivity index (χ1n) is 6.64. The predicted octanol–water partition coefficient (Wildman–Crippen LogP) is 2.12. The highest BCUT2D eigenvalue weighted by atomic mass is 16.6. The lowest BCUT2D eigenvalue weighted by Crippen LogP contribution is -2.62. The van der Waals surface area contributed by atoms with E-state index in [2.05, 4.69) is 0 Å². The van der Waals surface area contributed by atoms with Crippen LogP contribution in [-0.2, 0) is 4.74 Å². The van der Waals surface area contributed by atoms with Gasteiger partial charge in [-0.25, -0.2) is 4.79 Å². The van der Waals surface area contributed by atoms with Gasteiger partial charge in [-0.1, -0.05) is 6.42 Å². The maximum Gasteiger partial charge on any atom is 0.410 e. The number of hydrogen-bond acceptors (Lipinski definition) is 3. The summed E-state index contributed by atoms with van der Waals surface area (Å²) in [5.74, 6) is 0.616. The van der Waals surface area contributed by atoms with Crippen molar-refractivity contribution >= 4 is 6.09 Å². The summed E-state index contributed by atoms with van der Waals surface area (Å²) in [5.41, 5.74) is 5.81. The molecule has 4 heteroatoms. The third-order valence-electron chi connectivity index (χ3n) is 3.83. The molecule has 2 fully saturated rings. The Hall–Kier alpha value is -0.770. The van der Waals surface area contributed by atoms with Crippen LogP contribution in [0, 0.1) is 5.92 Å². The van der Waals surface area contributed by atoms with Gasteiger partial charge in [-0.2, -0.15) is 0 Å². The summed E-state index contributed by atoms with van der Waals surface area (Å²) < 4.78 is 5.38. The number of nitrogens with zero attached hydrogens (tertiary/aromatic N) is 1. The summed E-state index contributed by atoms with van der Waals surface area (Å²) in [6.45, 7) is 6.47. The van der Waals surface area contributed by atoms with Crippen molar-refractivity contribution in [1.82, 2.24) is 4.90 Å². The van der Waals surface area contributed by atoms with Crippen LogP contribution in [-0.4, -0.2) is 35.2 Å². The molecule has 0 aromatic rings. The molecule has 2 N–H and O–H groups in total. The molecule has 0 bridgehead atoms. The van der Waals surface area contributed by atoms with E-state index in [-0.39, 0.29) is 18.2 Å². The molecule has 2 rings (SSSR count). The van der Waals surface area contributed by atoms with Gasteiger partial charge in [0.2, 0.25) is 0 Å². The molecule has 2 unspecified atom stereocenters. The lowest BCUT2D eigenvalue weighted by Gasteiger charge is -2.48. The van der Waals surface area contributed by atoms with Crippen LogP contribution in [0.3, 0.4) is 0 Å². The Bertz CT molecular complexity index is 294. The van der Waals surface area contributed by atoms with E-state index in [0.717, 1.165) is 13.0 Å². The summed E-state index contributed by atoms with van der Waals surface area (Å²) in [7, 11) is 0. The smallest absolute Gasteiger partial charge is 0.410 e. The first-order valence-corrected chi connectivity index (χ1v) is 6.64. The highest BCUT2D eigenvalue weighted by molar-refractivity contribution is 5.69. The van der Waals surface area contributed by atoms with E-state index in [0.29, 0.717) is 5.92 Å². The molecule has 1 heterocycles. The van der Waals surface area contributed by atoms with Crippen LogP contribution in [0.15, 0.2) is 0 Å². The Balaban J connectivity index is 1.87. The van der Waals surface area contributed by atoms with Crippen molar-refractivity contribution in [3.63, 3.8) is 0 Å². The summed E-state index contributed by atoms with van der Waals surface area (Å²) >= 11 is 0. The van der Waals surface area contributed by atoms with E-state index in [9.17, 15) is 4.79 Å². The second-order valence-electron chi connectivity index (χ2n) is 6.30. The third-order valence-corrected chi connectivity index (χ3v) is 3.83. The number of carbonyl (C=O) groups is 1. The van der Waals surface area contributed by atoms with Gasteiger partial charge in [0.05, 0.1) is 6.04 Å².